The highest BCUT2D eigenvalue weighted by molar-refractivity contribution is 7.87. The smallest absolute Gasteiger partial charge is 0.279 e. The molecule has 7 heteroatoms. The number of nitrogens with zero attached hydrogens (tertiary/aromatic N) is 2. The zero-order chi connectivity index (χ0) is 16.7. The first-order valence-corrected chi connectivity index (χ1v) is 9.53. The van der Waals surface area contributed by atoms with Gasteiger partial charge in [-0.25, -0.2) is 0 Å². The van der Waals surface area contributed by atoms with E-state index in [0.717, 1.165) is 24.8 Å². The molecule has 0 aliphatic carbocycles. The summed E-state index contributed by atoms with van der Waals surface area (Å²) in [6.07, 6.45) is 2.82. The van der Waals surface area contributed by atoms with E-state index in [1.54, 1.807) is 4.90 Å². The van der Waals surface area contributed by atoms with Gasteiger partial charge in [0.15, 0.2) is 0 Å². The Balaban J connectivity index is 1.89. The van der Waals surface area contributed by atoms with Crippen molar-refractivity contribution >= 4 is 16.1 Å². The first kappa shape index (κ1) is 17.9. The summed E-state index contributed by atoms with van der Waals surface area (Å²) in [5.41, 5.74) is 1.03. The molecule has 23 heavy (non-hydrogen) atoms. The predicted octanol–water partition coefficient (Wildman–Crippen LogP) is 1.36. The lowest BCUT2D eigenvalue weighted by atomic mass is 10.2. The lowest BCUT2D eigenvalue weighted by Gasteiger charge is -2.27. The van der Waals surface area contributed by atoms with Gasteiger partial charge in [-0.05, 0) is 25.3 Å². The highest BCUT2D eigenvalue weighted by atomic mass is 32.2. The van der Waals surface area contributed by atoms with Gasteiger partial charge in [0, 0.05) is 26.2 Å². The number of nitrogens with one attached hydrogen (secondary N) is 1. The average Bonchev–Trinajstić information content (AvgIpc) is 2.59. The van der Waals surface area contributed by atoms with Crippen molar-refractivity contribution in [1.82, 2.24) is 13.9 Å². The van der Waals surface area contributed by atoms with Crippen molar-refractivity contribution in [3.63, 3.8) is 0 Å². The molecule has 1 saturated heterocycles. The van der Waals surface area contributed by atoms with Crippen LogP contribution in [0, 0.1) is 0 Å². The maximum atomic E-state index is 12.3. The number of likely N-dealkylation sites (N-methyl/N-ethyl adjacent to an activating group) is 1. The fourth-order valence-corrected chi connectivity index (χ4v) is 3.87. The third kappa shape index (κ3) is 5.30. The van der Waals surface area contributed by atoms with Crippen LogP contribution >= 0.6 is 0 Å². The minimum atomic E-state index is -3.56. The SMILES string of the molecule is CCN(Cc1ccccc1)C(=O)CNS(=O)(=O)N1CCCCC1. The summed E-state index contributed by atoms with van der Waals surface area (Å²) in [6.45, 7) is 3.79. The zero-order valence-corrected chi connectivity index (χ0v) is 14.4. The number of carbonyl (C=O) groups excluding carboxylic acids is 1. The molecule has 1 aliphatic heterocycles. The molecule has 1 heterocycles. The van der Waals surface area contributed by atoms with Crippen LogP contribution in [0.3, 0.4) is 0 Å². The van der Waals surface area contributed by atoms with Gasteiger partial charge in [-0.15, -0.1) is 0 Å². The zero-order valence-electron chi connectivity index (χ0n) is 13.6. The van der Waals surface area contributed by atoms with Crippen molar-refractivity contribution in [3.8, 4) is 0 Å². The molecule has 1 aromatic carbocycles. The van der Waals surface area contributed by atoms with Crippen LogP contribution in [0.5, 0.6) is 0 Å². The largest absolute Gasteiger partial charge is 0.338 e. The summed E-state index contributed by atoms with van der Waals surface area (Å²) < 4.78 is 28.3. The highest BCUT2D eigenvalue weighted by Crippen LogP contribution is 2.11. The molecule has 0 unspecified atom stereocenters. The molecule has 0 atom stereocenters. The van der Waals surface area contributed by atoms with Gasteiger partial charge < -0.3 is 4.90 Å². The molecule has 0 spiro atoms. The van der Waals surface area contributed by atoms with Gasteiger partial charge >= 0.3 is 0 Å². The third-order valence-electron chi connectivity index (χ3n) is 4.01. The molecule has 1 aliphatic rings. The Hall–Kier alpha value is -1.44. The van der Waals surface area contributed by atoms with E-state index in [1.165, 1.54) is 4.31 Å². The second-order valence-electron chi connectivity index (χ2n) is 5.68. The molecule has 0 saturated carbocycles. The van der Waals surface area contributed by atoms with E-state index in [9.17, 15) is 13.2 Å². The molecule has 128 valence electrons. The molecule has 0 radical (unpaired) electrons. The number of piperidine rings is 1. The van der Waals surface area contributed by atoms with Gasteiger partial charge in [0.25, 0.3) is 10.2 Å². The van der Waals surface area contributed by atoms with Crippen LogP contribution in [-0.4, -0.2) is 49.7 Å². The minimum Gasteiger partial charge on any atom is -0.338 e. The molecule has 0 aromatic heterocycles. The molecule has 1 fully saturated rings. The summed E-state index contributed by atoms with van der Waals surface area (Å²) in [7, 11) is -3.56. The molecule has 1 amide bonds. The summed E-state index contributed by atoms with van der Waals surface area (Å²) in [5, 5.41) is 0. The molecule has 1 aromatic rings. The quantitative estimate of drug-likeness (QED) is 0.815. The van der Waals surface area contributed by atoms with E-state index in [-0.39, 0.29) is 12.5 Å². The molecular weight excluding hydrogens is 314 g/mol. The van der Waals surface area contributed by atoms with Crippen molar-refractivity contribution in [2.75, 3.05) is 26.2 Å². The van der Waals surface area contributed by atoms with Crippen molar-refractivity contribution in [2.24, 2.45) is 0 Å². The first-order chi connectivity index (χ1) is 11.0. The Morgan fingerprint density at radius 2 is 1.83 bits per heavy atom. The lowest BCUT2D eigenvalue weighted by Crippen LogP contribution is -2.47. The normalized spacial score (nSPS) is 16.2. The van der Waals surface area contributed by atoms with Gasteiger partial charge in [-0.3, -0.25) is 4.79 Å². The monoisotopic (exact) mass is 339 g/mol. The number of benzene rings is 1. The maximum Gasteiger partial charge on any atom is 0.279 e. The van der Waals surface area contributed by atoms with E-state index >= 15 is 0 Å². The van der Waals surface area contributed by atoms with E-state index in [0.29, 0.717) is 26.2 Å². The average molecular weight is 339 g/mol. The molecule has 1 N–H and O–H groups in total. The van der Waals surface area contributed by atoms with Crippen molar-refractivity contribution in [3.05, 3.63) is 35.9 Å². The fraction of sp³-hybridized carbons (Fsp3) is 0.562. The van der Waals surface area contributed by atoms with E-state index in [1.807, 2.05) is 37.3 Å². The van der Waals surface area contributed by atoms with Crippen LogP contribution in [0.15, 0.2) is 30.3 Å². The van der Waals surface area contributed by atoms with E-state index in [4.69, 9.17) is 0 Å². The van der Waals surface area contributed by atoms with E-state index in [2.05, 4.69) is 4.72 Å². The van der Waals surface area contributed by atoms with Gasteiger partial charge in [-0.2, -0.15) is 17.4 Å². The Morgan fingerprint density at radius 3 is 2.43 bits per heavy atom. The number of rotatable bonds is 7. The minimum absolute atomic E-state index is 0.195. The highest BCUT2D eigenvalue weighted by Gasteiger charge is 2.25. The Bertz CT molecular complexity index is 598. The summed E-state index contributed by atoms with van der Waals surface area (Å²) >= 11 is 0. The summed E-state index contributed by atoms with van der Waals surface area (Å²) in [6, 6.07) is 9.68. The molecule has 2 rings (SSSR count). The van der Waals surface area contributed by atoms with Crippen LogP contribution in [0.25, 0.3) is 0 Å². The molecule has 0 bridgehead atoms. The van der Waals surface area contributed by atoms with Gasteiger partial charge in [0.2, 0.25) is 5.91 Å². The standard InChI is InChI=1S/C16H25N3O3S/c1-2-18(14-15-9-5-3-6-10-15)16(20)13-17-23(21,22)19-11-7-4-8-12-19/h3,5-6,9-10,17H,2,4,7-8,11-14H2,1H3. The Labute approximate surface area is 138 Å². The lowest BCUT2D eigenvalue weighted by molar-refractivity contribution is -0.130. The molecule has 6 nitrogen and oxygen atoms in total. The summed E-state index contributed by atoms with van der Waals surface area (Å²) in [4.78, 5) is 13.9. The van der Waals surface area contributed by atoms with Crippen molar-refractivity contribution < 1.29 is 13.2 Å². The Kier molecular flexibility index (Phi) is 6.56. The van der Waals surface area contributed by atoms with Crippen LogP contribution < -0.4 is 4.72 Å². The predicted molar refractivity (Wildman–Crippen MR) is 89.9 cm³/mol. The van der Waals surface area contributed by atoms with E-state index < -0.39 is 10.2 Å². The van der Waals surface area contributed by atoms with Gasteiger partial charge in [0.1, 0.15) is 0 Å². The summed E-state index contributed by atoms with van der Waals surface area (Å²) in [5.74, 6) is -0.211. The number of carbonyl (C=O) groups is 1. The fourth-order valence-electron chi connectivity index (χ4n) is 2.64. The first-order valence-electron chi connectivity index (χ1n) is 8.09. The second-order valence-corrected chi connectivity index (χ2v) is 7.43. The second kappa shape index (κ2) is 8.42. The van der Waals surface area contributed by atoms with Crippen molar-refractivity contribution in [1.29, 1.82) is 0 Å². The van der Waals surface area contributed by atoms with Gasteiger partial charge in [-0.1, -0.05) is 36.8 Å². The van der Waals surface area contributed by atoms with Crippen LogP contribution in [0.1, 0.15) is 31.7 Å². The van der Waals surface area contributed by atoms with Crippen LogP contribution in [0.4, 0.5) is 0 Å². The van der Waals surface area contributed by atoms with Gasteiger partial charge in [0.05, 0.1) is 6.54 Å². The molecular formula is C16H25N3O3S. The van der Waals surface area contributed by atoms with Crippen molar-refractivity contribution in [2.45, 2.75) is 32.7 Å². The number of hydrogen-bond donors (Lipinski definition) is 1. The maximum absolute atomic E-state index is 12.3. The number of amides is 1. The number of hydrogen-bond acceptors (Lipinski definition) is 3. The topological polar surface area (TPSA) is 69.7 Å². The van der Waals surface area contributed by atoms with Crippen LogP contribution in [0.2, 0.25) is 0 Å². The third-order valence-corrected chi connectivity index (χ3v) is 5.57. The van der Waals surface area contributed by atoms with Crippen LogP contribution in [-0.2, 0) is 21.5 Å². The Morgan fingerprint density at radius 1 is 1.17 bits per heavy atom.